The lowest BCUT2D eigenvalue weighted by molar-refractivity contribution is 0.355. The van der Waals surface area contributed by atoms with Crippen molar-refractivity contribution < 1.29 is 9.47 Å². The number of hydrogen-bond acceptors (Lipinski definition) is 4. The van der Waals surface area contributed by atoms with Crippen LogP contribution in [0, 0.1) is 11.3 Å². The van der Waals surface area contributed by atoms with Gasteiger partial charge in [0.25, 0.3) is 0 Å². The van der Waals surface area contributed by atoms with Crippen LogP contribution >= 0.6 is 11.6 Å². The molecule has 0 atom stereocenters. The molecule has 0 amide bonds. The van der Waals surface area contributed by atoms with Gasteiger partial charge in [-0.1, -0.05) is 23.7 Å². The predicted octanol–water partition coefficient (Wildman–Crippen LogP) is 4.30. The van der Waals surface area contributed by atoms with E-state index < -0.39 is 0 Å². The van der Waals surface area contributed by atoms with Crippen LogP contribution in [0.1, 0.15) is 11.4 Å². The first kappa shape index (κ1) is 15.9. The molecule has 3 aromatic rings. The molecule has 0 spiro atoms. The minimum atomic E-state index is 0.398. The van der Waals surface area contributed by atoms with E-state index in [0.717, 1.165) is 16.6 Å². The second-order valence-electron chi connectivity index (χ2n) is 5.01. The second kappa shape index (κ2) is 6.65. The number of fused-ring (bicyclic) bond motifs is 1. The highest BCUT2D eigenvalue weighted by molar-refractivity contribution is 6.32. The molecule has 0 aliphatic heterocycles. The van der Waals surface area contributed by atoms with Crippen LogP contribution in [0.15, 0.2) is 36.4 Å². The van der Waals surface area contributed by atoms with Crippen molar-refractivity contribution in [3.05, 3.63) is 52.8 Å². The summed E-state index contributed by atoms with van der Waals surface area (Å²) in [5, 5.41) is 9.90. The third-order valence-electron chi connectivity index (χ3n) is 3.53. The summed E-state index contributed by atoms with van der Waals surface area (Å²) in [6.07, 6.45) is 1.70. The number of benzene rings is 2. The van der Waals surface area contributed by atoms with Crippen LogP contribution in [-0.2, 0) is 0 Å². The second-order valence-corrected chi connectivity index (χ2v) is 5.42. The third kappa shape index (κ3) is 2.92. The largest absolute Gasteiger partial charge is 0.493 e. The van der Waals surface area contributed by atoms with E-state index in [1.54, 1.807) is 18.2 Å². The molecule has 0 aliphatic carbocycles. The quantitative estimate of drug-likeness (QED) is 0.719. The molecular formula is C18H14ClN3O2. The molecule has 1 N–H and O–H groups in total. The van der Waals surface area contributed by atoms with E-state index in [4.69, 9.17) is 21.1 Å². The first-order chi connectivity index (χ1) is 11.7. The number of nitrogens with zero attached hydrogens (tertiary/aromatic N) is 2. The molecule has 0 saturated carbocycles. The number of hydrogen-bond donors (Lipinski definition) is 1. The van der Waals surface area contributed by atoms with Gasteiger partial charge in [-0.05, 0) is 35.9 Å². The van der Waals surface area contributed by atoms with Gasteiger partial charge in [-0.2, -0.15) is 5.26 Å². The molecule has 0 bridgehead atoms. The number of aromatic amines is 1. The van der Waals surface area contributed by atoms with E-state index in [9.17, 15) is 5.26 Å². The summed E-state index contributed by atoms with van der Waals surface area (Å²) in [4.78, 5) is 7.59. The SMILES string of the molecule is COc1cc(C=C(C#N)c2nc3ccccc3[nH]2)cc(Cl)c1OC. The fraction of sp³-hybridized carbons (Fsp3) is 0.111. The summed E-state index contributed by atoms with van der Waals surface area (Å²) < 4.78 is 10.5. The number of H-pyrrole nitrogens is 1. The minimum Gasteiger partial charge on any atom is -0.493 e. The van der Waals surface area contributed by atoms with Gasteiger partial charge in [-0.15, -0.1) is 0 Å². The Labute approximate surface area is 144 Å². The van der Waals surface area contributed by atoms with E-state index in [2.05, 4.69) is 16.0 Å². The summed E-state index contributed by atoms with van der Waals surface area (Å²) in [7, 11) is 3.06. The average molecular weight is 340 g/mol. The zero-order valence-electron chi connectivity index (χ0n) is 13.1. The Kier molecular flexibility index (Phi) is 4.41. The molecule has 6 heteroatoms. The Morgan fingerprint density at radius 1 is 1.25 bits per heavy atom. The molecule has 0 saturated heterocycles. The third-order valence-corrected chi connectivity index (χ3v) is 3.81. The van der Waals surface area contributed by atoms with Gasteiger partial charge in [-0.25, -0.2) is 4.98 Å². The van der Waals surface area contributed by atoms with Crippen molar-refractivity contribution in [2.45, 2.75) is 0 Å². The summed E-state index contributed by atoms with van der Waals surface area (Å²) in [6.45, 7) is 0. The molecule has 0 radical (unpaired) electrons. The molecule has 24 heavy (non-hydrogen) atoms. The van der Waals surface area contributed by atoms with Crippen LogP contribution in [0.3, 0.4) is 0 Å². The zero-order chi connectivity index (χ0) is 17.1. The number of ether oxygens (including phenoxy) is 2. The van der Waals surface area contributed by atoms with Crippen LogP contribution in [-0.4, -0.2) is 24.2 Å². The first-order valence-electron chi connectivity index (χ1n) is 7.14. The van der Waals surface area contributed by atoms with E-state index in [0.29, 0.717) is 27.9 Å². The van der Waals surface area contributed by atoms with Gasteiger partial charge in [-0.3, -0.25) is 0 Å². The maximum Gasteiger partial charge on any atom is 0.179 e. The number of imidazole rings is 1. The summed E-state index contributed by atoms with van der Waals surface area (Å²) in [5.74, 6) is 1.46. The van der Waals surface area contributed by atoms with Crippen molar-refractivity contribution in [2.24, 2.45) is 0 Å². The number of methoxy groups -OCH3 is 2. The molecule has 120 valence electrons. The molecule has 0 unspecified atom stereocenters. The van der Waals surface area contributed by atoms with Crippen LogP contribution in [0.25, 0.3) is 22.7 Å². The van der Waals surface area contributed by atoms with E-state index in [1.807, 2.05) is 24.3 Å². The van der Waals surface area contributed by atoms with Crippen LogP contribution in [0.5, 0.6) is 11.5 Å². The monoisotopic (exact) mass is 339 g/mol. The van der Waals surface area contributed by atoms with Gasteiger partial charge in [0.05, 0.1) is 35.8 Å². The smallest absolute Gasteiger partial charge is 0.179 e. The lowest BCUT2D eigenvalue weighted by atomic mass is 10.1. The molecule has 5 nitrogen and oxygen atoms in total. The van der Waals surface area contributed by atoms with Crippen LogP contribution in [0.2, 0.25) is 5.02 Å². The molecule has 0 aliphatic rings. The summed E-state index contributed by atoms with van der Waals surface area (Å²) in [6, 6.07) is 13.2. The Bertz CT molecular complexity index is 937. The van der Waals surface area contributed by atoms with Crippen LogP contribution in [0.4, 0.5) is 0 Å². The van der Waals surface area contributed by atoms with Crippen molar-refractivity contribution in [3.8, 4) is 17.6 Å². The number of halogens is 1. The average Bonchev–Trinajstić information content (AvgIpc) is 3.02. The van der Waals surface area contributed by atoms with E-state index >= 15 is 0 Å². The van der Waals surface area contributed by atoms with Gasteiger partial charge >= 0.3 is 0 Å². The summed E-state index contributed by atoms with van der Waals surface area (Å²) in [5.41, 5.74) is 2.79. The van der Waals surface area contributed by atoms with Gasteiger partial charge in [0.1, 0.15) is 11.9 Å². The Morgan fingerprint density at radius 2 is 2.04 bits per heavy atom. The molecule has 0 fully saturated rings. The maximum atomic E-state index is 9.50. The fourth-order valence-corrected chi connectivity index (χ4v) is 2.72. The van der Waals surface area contributed by atoms with Gasteiger partial charge in [0, 0.05) is 0 Å². The van der Waals surface area contributed by atoms with Crippen molar-refractivity contribution in [3.63, 3.8) is 0 Å². The highest BCUT2D eigenvalue weighted by atomic mass is 35.5. The number of allylic oxidation sites excluding steroid dienone is 1. The lowest BCUT2D eigenvalue weighted by Crippen LogP contribution is -1.92. The van der Waals surface area contributed by atoms with Crippen molar-refractivity contribution in [2.75, 3.05) is 14.2 Å². The van der Waals surface area contributed by atoms with Gasteiger partial charge < -0.3 is 14.5 Å². The van der Waals surface area contributed by atoms with Crippen molar-refractivity contribution in [1.82, 2.24) is 9.97 Å². The van der Waals surface area contributed by atoms with Crippen molar-refractivity contribution in [1.29, 1.82) is 5.26 Å². The first-order valence-corrected chi connectivity index (χ1v) is 7.52. The predicted molar refractivity (Wildman–Crippen MR) is 94.1 cm³/mol. The minimum absolute atomic E-state index is 0.398. The molecule has 1 aromatic heterocycles. The van der Waals surface area contributed by atoms with E-state index in [1.165, 1.54) is 14.2 Å². The topological polar surface area (TPSA) is 70.9 Å². The zero-order valence-corrected chi connectivity index (χ0v) is 13.9. The molecule has 3 rings (SSSR count). The van der Waals surface area contributed by atoms with Gasteiger partial charge in [0.15, 0.2) is 11.5 Å². The standard InChI is InChI=1S/C18H14ClN3O2/c1-23-16-9-11(8-13(19)17(16)24-2)7-12(10-20)18-21-14-5-3-4-6-15(14)22-18/h3-9H,1-2H3,(H,21,22). The highest BCUT2D eigenvalue weighted by Gasteiger charge is 2.12. The van der Waals surface area contributed by atoms with Gasteiger partial charge in [0.2, 0.25) is 0 Å². The fourth-order valence-electron chi connectivity index (χ4n) is 2.42. The molecular weight excluding hydrogens is 326 g/mol. The molecule has 2 aromatic carbocycles. The van der Waals surface area contributed by atoms with Crippen LogP contribution < -0.4 is 9.47 Å². The molecule has 1 heterocycles. The number of nitriles is 1. The maximum absolute atomic E-state index is 9.50. The highest BCUT2D eigenvalue weighted by Crippen LogP contribution is 2.37. The number of nitrogens with one attached hydrogen (secondary N) is 1. The van der Waals surface area contributed by atoms with Crippen molar-refractivity contribution >= 4 is 34.3 Å². The number of para-hydroxylation sites is 2. The lowest BCUT2D eigenvalue weighted by Gasteiger charge is -2.10. The Hall–Kier alpha value is -2.97. The number of rotatable bonds is 4. The number of aromatic nitrogens is 2. The normalized spacial score (nSPS) is 11.3. The Morgan fingerprint density at radius 3 is 2.71 bits per heavy atom. The summed E-state index contributed by atoms with van der Waals surface area (Å²) >= 11 is 6.21. The van der Waals surface area contributed by atoms with E-state index in [-0.39, 0.29) is 0 Å². The Balaban J connectivity index is 2.08.